The third kappa shape index (κ3) is 4.03. The molecule has 0 saturated heterocycles. The zero-order chi connectivity index (χ0) is 19.5. The molecule has 0 radical (unpaired) electrons. The van der Waals surface area contributed by atoms with Crippen LogP contribution in [0.15, 0.2) is 48.7 Å². The second kappa shape index (κ2) is 8.04. The molecule has 2 heterocycles. The van der Waals surface area contributed by atoms with Gasteiger partial charge in [0.1, 0.15) is 18.5 Å². The molecule has 146 valence electrons. The highest BCUT2D eigenvalue weighted by molar-refractivity contribution is 5.88. The number of carbonyl (C=O) groups is 1. The molecule has 1 atom stereocenters. The van der Waals surface area contributed by atoms with Crippen molar-refractivity contribution in [2.75, 3.05) is 20.3 Å². The lowest BCUT2D eigenvalue weighted by Gasteiger charge is -2.19. The number of ether oxygens (including phenoxy) is 2. The van der Waals surface area contributed by atoms with Gasteiger partial charge in [0, 0.05) is 36.7 Å². The van der Waals surface area contributed by atoms with Gasteiger partial charge in [0.25, 0.3) is 0 Å². The Morgan fingerprint density at radius 1 is 1.21 bits per heavy atom. The quantitative estimate of drug-likeness (QED) is 0.617. The number of methoxy groups -OCH3 is 1. The van der Waals surface area contributed by atoms with Crippen LogP contribution < -0.4 is 4.74 Å². The second-order valence-corrected chi connectivity index (χ2v) is 7.18. The smallest absolute Gasteiger partial charge is 0.310 e. The highest BCUT2D eigenvalue weighted by Gasteiger charge is 2.21. The van der Waals surface area contributed by atoms with Crippen LogP contribution in [0.2, 0.25) is 0 Å². The molecular formula is C22H24N2O4. The number of hydrogen-bond donors (Lipinski definition) is 2. The summed E-state index contributed by atoms with van der Waals surface area (Å²) in [6, 6.07) is 14.0. The van der Waals surface area contributed by atoms with E-state index in [1.54, 1.807) is 0 Å². The van der Waals surface area contributed by atoms with Crippen molar-refractivity contribution in [2.24, 2.45) is 0 Å². The van der Waals surface area contributed by atoms with Gasteiger partial charge in [-0.25, -0.2) is 0 Å². The number of carbonyl (C=O) groups excluding carboxylic acids is 1. The molecule has 0 amide bonds. The van der Waals surface area contributed by atoms with E-state index < -0.39 is 6.10 Å². The Labute approximate surface area is 163 Å². The summed E-state index contributed by atoms with van der Waals surface area (Å²) < 4.78 is 10.6. The Bertz CT molecular complexity index is 957. The van der Waals surface area contributed by atoms with Gasteiger partial charge in [0.05, 0.1) is 13.5 Å². The summed E-state index contributed by atoms with van der Waals surface area (Å²) in [4.78, 5) is 16.9. The molecule has 28 heavy (non-hydrogen) atoms. The topological polar surface area (TPSA) is 74.8 Å². The van der Waals surface area contributed by atoms with Gasteiger partial charge in [0.15, 0.2) is 0 Å². The lowest BCUT2D eigenvalue weighted by atomic mass is 10.1. The van der Waals surface area contributed by atoms with E-state index in [1.165, 1.54) is 18.2 Å². The van der Waals surface area contributed by atoms with E-state index in [0.717, 1.165) is 29.6 Å². The van der Waals surface area contributed by atoms with E-state index in [9.17, 15) is 9.90 Å². The van der Waals surface area contributed by atoms with Crippen LogP contribution in [0.1, 0.15) is 16.7 Å². The van der Waals surface area contributed by atoms with Crippen LogP contribution >= 0.6 is 0 Å². The molecule has 2 aromatic carbocycles. The van der Waals surface area contributed by atoms with Crippen LogP contribution in [0.5, 0.6) is 5.75 Å². The fourth-order valence-corrected chi connectivity index (χ4v) is 3.70. The molecule has 6 nitrogen and oxygen atoms in total. The van der Waals surface area contributed by atoms with E-state index in [1.807, 2.05) is 36.5 Å². The van der Waals surface area contributed by atoms with E-state index in [0.29, 0.717) is 12.3 Å². The molecule has 0 unspecified atom stereocenters. The second-order valence-electron chi connectivity index (χ2n) is 7.18. The van der Waals surface area contributed by atoms with Crippen molar-refractivity contribution in [3.8, 4) is 5.75 Å². The highest BCUT2D eigenvalue weighted by atomic mass is 16.5. The summed E-state index contributed by atoms with van der Waals surface area (Å²) in [5.41, 5.74) is 4.45. The van der Waals surface area contributed by atoms with Gasteiger partial charge in [-0.1, -0.05) is 24.3 Å². The number of benzene rings is 2. The van der Waals surface area contributed by atoms with Crippen molar-refractivity contribution in [1.82, 2.24) is 9.88 Å². The number of rotatable bonds is 7. The number of aliphatic hydroxyl groups is 1. The number of H-pyrrole nitrogens is 1. The summed E-state index contributed by atoms with van der Waals surface area (Å²) in [6.45, 7) is 2.50. The maximum absolute atomic E-state index is 11.6. The van der Waals surface area contributed by atoms with Crippen molar-refractivity contribution >= 4 is 16.9 Å². The number of fused-ring (bicyclic) bond motifs is 2. The molecule has 1 aliphatic rings. The molecule has 4 rings (SSSR count). The summed E-state index contributed by atoms with van der Waals surface area (Å²) in [5.74, 6) is 0.385. The Morgan fingerprint density at radius 2 is 1.96 bits per heavy atom. The predicted molar refractivity (Wildman–Crippen MR) is 106 cm³/mol. The average molecular weight is 380 g/mol. The zero-order valence-electron chi connectivity index (χ0n) is 15.9. The zero-order valence-corrected chi connectivity index (χ0v) is 15.9. The van der Waals surface area contributed by atoms with Crippen LogP contribution in [0.25, 0.3) is 10.9 Å². The molecule has 1 aliphatic heterocycles. The molecule has 1 aromatic heterocycles. The first-order valence-electron chi connectivity index (χ1n) is 9.39. The van der Waals surface area contributed by atoms with Crippen molar-refractivity contribution in [3.05, 3.63) is 65.4 Å². The number of aliphatic hydroxyl groups excluding tert-OH is 1. The van der Waals surface area contributed by atoms with Crippen molar-refractivity contribution in [2.45, 2.75) is 25.6 Å². The van der Waals surface area contributed by atoms with Crippen LogP contribution in [0, 0.1) is 0 Å². The third-order valence-corrected chi connectivity index (χ3v) is 5.12. The lowest BCUT2D eigenvalue weighted by Crippen LogP contribution is -2.32. The minimum Gasteiger partial charge on any atom is -0.491 e. The normalized spacial score (nSPS) is 14.8. The van der Waals surface area contributed by atoms with Gasteiger partial charge >= 0.3 is 5.97 Å². The molecule has 0 fully saturated rings. The molecule has 0 bridgehead atoms. The van der Waals surface area contributed by atoms with Crippen molar-refractivity contribution in [1.29, 1.82) is 0 Å². The van der Waals surface area contributed by atoms with Crippen molar-refractivity contribution in [3.63, 3.8) is 0 Å². The number of nitrogens with one attached hydrogen (secondary N) is 1. The van der Waals surface area contributed by atoms with E-state index in [-0.39, 0.29) is 19.0 Å². The first-order chi connectivity index (χ1) is 13.6. The SMILES string of the molecule is COC(=O)Cc1c[nH]c2ccc(OC[C@H](O)CN3Cc4ccccc4C3)cc12. The minimum atomic E-state index is -0.578. The first-order valence-corrected chi connectivity index (χ1v) is 9.39. The summed E-state index contributed by atoms with van der Waals surface area (Å²) in [6.07, 6.45) is 1.44. The molecule has 0 spiro atoms. The number of esters is 1. The Morgan fingerprint density at radius 3 is 2.68 bits per heavy atom. The third-order valence-electron chi connectivity index (χ3n) is 5.12. The highest BCUT2D eigenvalue weighted by Crippen LogP contribution is 2.25. The van der Waals surface area contributed by atoms with Gasteiger partial charge in [-0.05, 0) is 34.9 Å². The van der Waals surface area contributed by atoms with Crippen LogP contribution in [0.3, 0.4) is 0 Å². The van der Waals surface area contributed by atoms with E-state index in [2.05, 4.69) is 22.0 Å². The van der Waals surface area contributed by atoms with Crippen LogP contribution in [0.4, 0.5) is 0 Å². The predicted octanol–water partition coefficient (Wildman–Crippen LogP) is 2.64. The van der Waals surface area contributed by atoms with Gasteiger partial charge < -0.3 is 19.6 Å². The Balaban J connectivity index is 1.35. The maximum Gasteiger partial charge on any atom is 0.310 e. The summed E-state index contributed by atoms with van der Waals surface area (Å²) in [5, 5.41) is 11.3. The number of aromatic amines is 1. The van der Waals surface area contributed by atoms with E-state index >= 15 is 0 Å². The first kappa shape index (κ1) is 18.5. The molecule has 3 aromatic rings. The molecule has 6 heteroatoms. The largest absolute Gasteiger partial charge is 0.491 e. The van der Waals surface area contributed by atoms with Gasteiger partial charge in [-0.15, -0.1) is 0 Å². The standard InChI is InChI=1S/C22H24N2O4/c1-27-22(26)8-17-10-23-21-7-6-19(9-20(17)21)28-14-18(25)13-24-11-15-4-2-3-5-16(15)12-24/h2-7,9-10,18,23,25H,8,11-14H2,1H3/t18-/m1/s1. The monoisotopic (exact) mass is 380 g/mol. The average Bonchev–Trinajstić information content (AvgIpc) is 3.29. The Hall–Kier alpha value is -2.83. The number of hydrogen-bond acceptors (Lipinski definition) is 5. The molecule has 0 aliphatic carbocycles. The van der Waals surface area contributed by atoms with Gasteiger partial charge in [-0.2, -0.15) is 0 Å². The fourth-order valence-electron chi connectivity index (χ4n) is 3.70. The van der Waals surface area contributed by atoms with E-state index in [4.69, 9.17) is 9.47 Å². The summed E-state index contributed by atoms with van der Waals surface area (Å²) >= 11 is 0. The molecule has 0 saturated carbocycles. The number of β-amino-alcohol motifs (C(OH)–C–C–N with tert-alkyl or cyclic N) is 1. The van der Waals surface area contributed by atoms with Gasteiger partial charge in [-0.3, -0.25) is 9.69 Å². The lowest BCUT2D eigenvalue weighted by molar-refractivity contribution is -0.139. The van der Waals surface area contributed by atoms with Crippen LogP contribution in [-0.4, -0.2) is 47.3 Å². The molecule has 2 N–H and O–H groups in total. The maximum atomic E-state index is 11.6. The van der Waals surface area contributed by atoms with Gasteiger partial charge in [0.2, 0.25) is 0 Å². The minimum absolute atomic E-state index is 0.206. The van der Waals surface area contributed by atoms with Crippen LogP contribution in [-0.2, 0) is 29.0 Å². The fraction of sp³-hybridized carbons (Fsp3) is 0.318. The number of aromatic nitrogens is 1. The Kier molecular flexibility index (Phi) is 5.32. The summed E-state index contributed by atoms with van der Waals surface area (Å²) in [7, 11) is 1.38. The van der Waals surface area contributed by atoms with Crippen molar-refractivity contribution < 1.29 is 19.4 Å². The number of nitrogens with zero attached hydrogens (tertiary/aromatic N) is 1. The molecular weight excluding hydrogens is 356 g/mol.